The van der Waals surface area contributed by atoms with Gasteiger partial charge in [-0.15, -0.1) is 0 Å². The summed E-state index contributed by atoms with van der Waals surface area (Å²) in [6.07, 6.45) is 0. The molecular weight excluding hydrogens is 356 g/mol. The van der Waals surface area contributed by atoms with Gasteiger partial charge in [0.25, 0.3) is 0 Å². The van der Waals surface area contributed by atoms with Gasteiger partial charge in [0.2, 0.25) is 0 Å². The lowest BCUT2D eigenvalue weighted by atomic mass is 10.1. The average molecular weight is 370 g/mol. The molecule has 0 aromatic heterocycles. The molecule has 0 heterocycles. The van der Waals surface area contributed by atoms with Gasteiger partial charge in [-0.1, -0.05) is 57.9 Å². The summed E-state index contributed by atoms with van der Waals surface area (Å²) >= 11 is 14.7. The fraction of sp³-hybridized carbons (Fsp3) is 0.133. The van der Waals surface area contributed by atoms with Crippen LogP contribution in [-0.2, 0) is 6.54 Å². The third kappa shape index (κ3) is 3.51. The third-order valence-electron chi connectivity index (χ3n) is 2.98. The van der Waals surface area contributed by atoms with Gasteiger partial charge in [-0.25, -0.2) is 0 Å². The van der Waals surface area contributed by atoms with Gasteiger partial charge in [-0.3, -0.25) is 0 Å². The molecule has 0 radical (unpaired) electrons. The highest BCUT2D eigenvalue weighted by Gasteiger charge is 2.13. The lowest BCUT2D eigenvalue weighted by Crippen LogP contribution is -2.21. The van der Waals surface area contributed by atoms with Crippen LogP contribution in [0.3, 0.4) is 0 Å². The lowest BCUT2D eigenvalue weighted by molar-refractivity contribution is 0.921. The summed E-state index contributed by atoms with van der Waals surface area (Å²) in [7, 11) is 2.00. The molecule has 0 aliphatic carbocycles. The van der Waals surface area contributed by atoms with E-state index in [1.807, 2.05) is 31.3 Å². The molecule has 0 aliphatic heterocycles. The second-order valence-corrected chi connectivity index (χ2v) is 6.24. The van der Waals surface area contributed by atoms with Crippen LogP contribution >= 0.6 is 39.7 Å². The molecule has 20 heavy (non-hydrogen) atoms. The van der Waals surface area contributed by atoms with E-state index >= 15 is 0 Å². The summed E-state index contributed by atoms with van der Waals surface area (Å²) in [4.78, 5) is 2.40. The molecule has 2 aromatic rings. The van der Waals surface area contributed by atoms with E-state index in [2.05, 4.69) is 33.0 Å². The van der Waals surface area contributed by atoms with Gasteiger partial charge in [-0.05, 0) is 29.8 Å². The largest absolute Gasteiger partial charge is 0.389 e. The van der Waals surface area contributed by atoms with Crippen molar-refractivity contribution in [1.29, 1.82) is 0 Å². The first-order valence-corrected chi connectivity index (χ1v) is 7.61. The average Bonchev–Trinajstić information content (AvgIpc) is 2.40. The molecule has 0 aliphatic rings. The minimum Gasteiger partial charge on any atom is -0.389 e. The molecule has 0 amide bonds. The quantitative estimate of drug-likeness (QED) is 0.811. The number of hydrogen-bond acceptors (Lipinski definition) is 2. The van der Waals surface area contributed by atoms with E-state index in [-0.39, 0.29) is 0 Å². The van der Waals surface area contributed by atoms with E-state index in [1.165, 1.54) is 5.56 Å². The SMILES string of the molecule is CN(Cc1ccc(Br)cc1)c1cccc(Cl)c1C(N)=S. The van der Waals surface area contributed by atoms with Gasteiger partial charge >= 0.3 is 0 Å². The lowest BCUT2D eigenvalue weighted by Gasteiger charge is -2.23. The van der Waals surface area contributed by atoms with E-state index in [0.717, 1.165) is 22.3 Å². The maximum absolute atomic E-state index is 6.19. The molecule has 0 atom stereocenters. The van der Waals surface area contributed by atoms with Crippen LogP contribution in [-0.4, -0.2) is 12.0 Å². The first-order chi connectivity index (χ1) is 9.49. The highest BCUT2D eigenvalue weighted by molar-refractivity contribution is 9.10. The van der Waals surface area contributed by atoms with Crippen LogP contribution in [0, 0.1) is 0 Å². The molecule has 2 rings (SSSR count). The van der Waals surface area contributed by atoms with Crippen molar-refractivity contribution in [1.82, 2.24) is 0 Å². The van der Waals surface area contributed by atoms with E-state index in [0.29, 0.717) is 10.0 Å². The van der Waals surface area contributed by atoms with Gasteiger partial charge in [0, 0.05) is 23.8 Å². The van der Waals surface area contributed by atoms with Gasteiger partial charge in [0.15, 0.2) is 0 Å². The zero-order valence-corrected chi connectivity index (χ0v) is 14.1. The van der Waals surface area contributed by atoms with E-state index in [4.69, 9.17) is 29.6 Å². The van der Waals surface area contributed by atoms with Crippen molar-refractivity contribution < 1.29 is 0 Å². The van der Waals surface area contributed by atoms with Crippen LogP contribution in [0.25, 0.3) is 0 Å². The fourth-order valence-electron chi connectivity index (χ4n) is 2.02. The van der Waals surface area contributed by atoms with Crippen LogP contribution < -0.4 is 10.6 Å². The summed E-state index contributed by atoms with van der Waals surface area (Å²) in [5.74, 6) is 0. The molecule has 0 bridgehead atoms. The van der Waals surface area contributed by atoms with Crippen molar-refractivity contribution in [3.05, 3.63) is 63.1 Å². The Morgan fingerprint density at radius 1 is 1.25 bits per heavy atom. The molecule has 0 fully saturated rings. The van der Waals surface area contributed by atoms with Crippen LogP contribution in [0.4, 0.5) is 5.69 Å². The highest BCUT2D eigenvalue weighted by atomic mass is 79.9. The maximum Gasteiger partial charge on any atom is 0.107 e. The Labute approximate surface area is 137 Å². The van der Waals surface area contributed by atoms with Gasteiger partial charge < -0.3 is 10.6 Å². The topological polar surface area (TPSA) is 29.3 Å². The number of nitrogens with two attached hydrogens (primary N) is 1. The standard InChI is InChI=1S/C15H14BrClN2S/c1-19(9-10-5-7-11(16)8-6-10)13-4-2-3-12(17)14(13)15(18)20/h2-8H,9H2,1H3,(H2,18,20). The van der Waals surface area contributed by atoms with Gasteiger partial charge in [0.1, 0.15) is 4.99 Å². The summed E-state index contributed by atoms with van der Waals surface area (Å²) in [6, 6.07) is 13.9. The molecule has 0 saturated carbocycles. The van der Waals surface area contributed by atoms with Crippen molar-refractivity contribution in [3.8, 4) is 0 Å². The second kappa shape index (κ2) is 6.57. The number of nitrogens with zero attached hydrogens (tertiary/aromatic N) is 1. The number of hydrogen-bond donors (Lipinski definition) is 1. The van der Waals surface area contributed by atoms with Crippen LogP contribution in [0.5, 0.6) is 0 Å². The molecular formula is C15H14BrClN2S. The Kier molecular flexibility index (Phi) is 5.02. The number of anilines is 1. The first-order valence-electron chi connectivity index (χ1n) is 6.03. The van der Waals surface area contributed by atoms with Crippen molar-refractivity contribution in [2.45, 2.75) is 6.54 Å². The number of halogens is 2. The molecule has 2 nitrogen and oxygen atoms in total. The zero-order valence-electron chi connectivity index (χ0n) is 10.9. The third-order valence-corrected chi connectivity index (χ3v) is 4.03. The Morgan fingerprint density at radius 2 is 1.90 bits per heavy atom. The minimum atomic E-state index is 0.313. The summed E-state index contributed by atoms with van der Waals surface area (Å²) in [5.41, 5.74) is 8.64. The molecule has 2 aromatic carbocycles. The van der Waals surface area contributed by atoms with E-state index in [9.17, 15) is 0 Å². The molecule has 0 unspecified atom stereocenters. The Bertz CT molecular complexity index is 628. The number of rotatable bonds is 4. The van der Waals surface area contributed by atoms with Crippen LogP contribution in [0.2, 0.25) is 5.02 Å². The normalized spacial score (nSPS) is 10.3. The number of benzene rings is 2. The predicted octanol–water partition coefficient (Wildman–Crippen LogP) is 4.37. The Balaban J connectivity index is 2.29. The summed E-state index contributed by atoms with van der Waals surface area (Å²) in [5, 5.41) is 0.581. The maximum atomic E-state index is 6.19. The summed E-state index contributed by atoms with van der Waals surface area (Å²) in [6.45, 7) is 0.753. The van der Waals surface area contributed by atoms with Gasteiger partial charge in [0.05, 0.1) is 10.6 Å². The second-order valence-electron chi connectivity index (χ2n) is 4.48. The minimum absolute atomic E-state index is 0.313. The fourth-order valence-corrected chi connectivity index (χ4v) is 2.83. The smallest absolute Gasteiger partial charge is 0.107 e. The monoisotopic (exact) mass is 368 g/mol. The predicted molar refractivity (Wildman–Crippen MR) is 93.6 cm³/mol. The van der Waals surface area contributed by atoms with Gasteiger partial charge in [-0.2, -0.15) is 0 Å². The van der Waals surface area contributed by atoms with Crippen LogP contribution in [0.1, 0.15) is 11.1 Å². The zero-order chi connectivity index (χ0) is 14.7. The number of thiocarbonyl (C=S) groups is 1. The van der Waals surface area contributed by atoms with Crippen LogP contribution in [0.15, 0.2) is 46.9 Å². The summed E-state index contributed by atoms with van der Waals surface area (Å²) < 4.78 is 1.07. The van der Waals surface area contributed by atoms with Crippen molar-refractivity contribution in [2.75, 3.05) is 11.9 Å². The molecule has 2 N–H and O–H groups in total. The van der Waals surface area contributed by atoms with Crippen molar-refractivity contribution >= 4 is 50.4 Å². The van der Waals surface area contributed by atoms with Crippen molar-refractivity contribution in [3.63, 3.8) is 0 Å². The molecule has 0 spiro atoms. The van der Waals surface area contributed by atoms with E-state index < -0.39 is 0 Å². The highest BCUT2D eigenvalue weighted by Crippen LogP contribution is 2.28. The Morgan fingerprint density at radius 3 is 2.50 bits per heavy atom. The molecule has 104 valence electrons. The first kappa shape index (κ1) is 15.3. The van der Waals surface area contributed by atoms with Crippen molar-refractivity contribution in [2.24, 2.45) is 5.73 Å². The Hall–Kier alpha value is -1.10. The molecule has 0 saturated heterocycles. The van der Waals surface area contributed by atoms with E-state index in [1.54, 1.807) is 6.07 Å². The molecule has 5 heteroatoms.